The van der Waals surface area contributed by atoms with E-state index >= 15 is 0 Å². The zero-order valence-corrected chi connectivity index (χ0v) is 15.5. The molecule has 0 aromatic heterocycles. The number of aryl methyl sites for hydroxylation is 2. The molecule has 3 N–H and O–H groups in total. The molecule has 3 rings (SSSR count). The highest BCUT2D eigenvalue weighted by molar-refractivity contribution is 5.81. The van der Waals surface area contributed by atoms with Gasteiger partial charge in [0.05, 0.1) is 12.2 Å². The van der Waals surface area contributed by atoms with Crippen molar-refractivity contribution in [1.82, 2.24) is 5.43 Å². The molecule has 1 atom stereocenters. The van der Waals surface area contributed by atoms with Gasteiger partial charge in [0.2, 0.25) is 5.96 Å². The number of benzene rings is 1. The van der Waals surface area contributed by atoms with E-state index in [9.17, 15) is 0 Å². The molecule has 25 heavy (non-hydrogen) atoms. The standard InChI is InChI=1S/C19H30N4O2/c1-4-24-16(25-5-2)11-21-19(20)22-23-12-15-8-6-7-14-10-9-13(3)18(23)17(14)15/h9-10,15-16H,4-8,11-12H2,1-3H3,(H3,20,21,22). The zero-order chi connectivity index (χ0) is 17.8. The van der Waals surface area contributed by atoms with Crippen LogP contribution in [0.3, 0.4) is 0 Å². The second-order valence-electron chi connectivity index (χ2n) is 6.68. The van der Waals surface area contributed by atoms with Gasteiger partial charge in [-0.15, -0.1) is 0 Å². The third kappa shape index (κ3) is 3.90. The quantitative estimate of drug-likeness (QED) is 0.451. The smallest absolute Gasteiger partial charge is 0.208 e. The second-order valence-corrected chi connectivity index (χ2v) is 6.68. The number of aliphatic imine (C=N–C) groups is 1. The minimum Gasteiger partial charge on any atom is -0.369 e. The molecule has 0 saturated heterocycles. The molecule has 0 bridgehead atoms. The lowest BCUT2D eigenvalue weighted by Crippen LogP contribution is -2.46. The van der Waals surface area contributed by atoms with Crippen LogP contribution in [0.25, 0.3) is 0 Å². The summed E-state index contributed by atoms with van der Waals surface area (Å²) in [6.07, 6.45) is 3.35. The number of guanidine groups is 1. The molecule has 6 heteroatoms. The van der Waals surface area contributed by atoms with Gasteiger partial charge >= 0.3 is 0 Å². The molecule has 138 valence electrons. The van der Waals surface area contributed by atoms with E-state index in [0.29, 0.717) is 31.6 Å². The first kappa shape index (κ1) is 18.0. The Kier molecular flexibility index (Phi) is 5.81. The maximum absolute atomic E-state index is 6.13. The van der Waals surface area contributed by atoms with Gasteiger partial charge in [-0.3, -0.25) is 10.4 Å². The van der Waals surface area contributed by atoms with Crippen LogP contribution in [-0.2, 0) is 15.9 Å². The molecule has 0 radical (unpaired) electrons. The summed E-state index contributed by atoms with van der Waals surface area (Å²) < 4.78 is 11.0. The van der Waals surface area contributed by atoms with Crippen molar-refractivity contribution in [2.24, 2.45) is 10.7 Å². The van der Waals surface area contributed by atoms with Crippen LogP contribution >= 0.6 is 0 Å². The van der Waals surface area contributed by atoms with Crippen LogP contribution in [0.5, 0.6) is 0 Å². The van der Waals surface area contributed by atoms with Crippen molar-refractivity contribution >= 4 is 11.6 Å². The van der Waals surface area contributed by atoms with Crippen LogP contribution in [0.1, 0.15) is 49.3 Å². The fraction of sp³-hybridized carbons (Fsp3) is 0.632. The molecule has 1 aliphatic carbocycles. The molecule has 1 aromatic carbocycles. The van der Waals surface area contributed by atoms with Gasteiger partial charge in [-0.2, -0.15) is 0 Å². The summed E-state index contributed by atoms with van der Waals surface area (Å²) in [5.74, 6) is 0.999. The van der Waals surface area contributed by atoms with Crippen LogP contribution < -0.4 is 16.2 Å². The van der Waals surface area contributed by atoms with Crippen molar-refractivity contribution in [3.8, 4) is 0 Å². The number of nitrogens with two attached hydrogens (primary N) is 1. The number of ether oxygens (including phenoxy) is 2. The van der Waals surface area contributed by atoms with Gasteiger partial charge in [-0.05, 0) is 56.7 Å². The minimum absolute atomic E-state index is 0.343. The van der Waals surface area contributed by atoms with Crippen molar-refractivity contribution in [3.05, 3.63) is 28.8 Å². The van der Waals surface area contributed by atoms with Crippen molar-refractivity contribution in [2.75, 3.05) is 31.3 Å². The van der Waals surface area contributed by atoms with Gasteiger partial charge in [0, 0.05) is 25.7 Å². The first-order valence-corrected chi connectivity index (χ1v) is 9.33. The van der Waals surface area contributed by atoms with Gasteiger partial charge in [0.1, 0.15) is 0 Å². The van der Waals surface area contributed by atoms with Crippen molar-refractivity contribution in [1.29, 1.82) is 0 Å². The first-order valence-electron chi connectivity index (χ1n) is 9.33. The first-order chi connectivity index (χ1) is 12.1. The summed E-state index contributed by atoms with van der Waals surface area (Å²) in [7, 11) is 0. The topological polar surface area (TPSA) is 72.1 Å². The van der Waals surface area contributed by atoms with Crippen molar-refractivity contribution in [3.63, 3.8) is 0 Å². The second kappa shape index (κ2) is 8.06. The molecule has 1 unspecified atom stereocenters. The zero-order valence-electron chi connectivity index (χ0n) is 15.5. The third-order valence-electron chi connectivity index (χ3n) is 4.95. The van der Waals surface area contributed by atoms with Gasteiger partial charge in [0.25, 0.3) is 0 Å². The molecule has 0 amide bonds. The number of nitrogens with one attached hydrogen (secondary N) is 1. The number of hydrogen-bond donors (Lipinski definition) is 2. The highest BCUT2D eigenvalue weighted by Gasteiger charge is 2.34. The third-order valence-corrected chi connectivity index (χ3v) is 4.95. The van der Waals surface area contributed by atoms with E-state index in [0.717, 1.165) is 6.54 Å². The predicted molar refractivity (Wildman–Crippen MR) is 101 cm³/mol. The van der Waals surface area contributed by atoms with Gasteiger partial charge in [0.15, 0.2) is 6.29 Å². The fourth-order valence-corrected chi connectivity index (χ4v) is 3.94. The summed E-state index contributed by atoms with van der Waals surface area (Å²) in [6.45, 7) is 8.58. The largest absolute Gasteiger partial charge is 0.369 e. The summed E-state index contributed by atoms with van der Waals surface area (Å²) in [4.78, 5) is 4.41. The summed E-state index contributed by atoms with van der Waals surface area (Å²) in [6, 6.07) is 4.50. The van der Waals surface area contributed by atoms with Gasteiger partial charge in [-0.1, -0.05) is 12.1 Å². The molecule has 1 aromatic rings. The Morgan fingerprint density at radius 2 is 2.12 bits per heavy atom. The van der Waals surface area contributed by atoms with E-state index in [4.69, 9.17) is 15.2 Å². The van der Waals surface area contributed by atoms with E-state index in [1.54, 1.807) is 0 Å². The molecule has 2 aliphatic rings. The van der Waals surface area contributed by atoms with E-state index in [1.165, 1.54) is 41.6 Å². The molecule has 0 spiro atoms. The number of rotatable bonds is 7. The lowest BCUT2D eigenvalue weighted by Gasteiger charge is -2.23. The maximum atomic E-state index is 6.13. The lowest BCUT2D eigenvalue weighted by atomic mass is 9.83. The number of hydrogen-bond acceptors (Lipinski definition) is 4. The van der Waals surface area contributed by atoms with Gasteiger partial charge < -0.3 is 15.2 Å². The van der Waals surface area contributed by atoms with Crippen molar-refractivity contribution < 1.29 is 9.47 Å². The summed E-state index contributed by atoms with van der Waals surface area (Å²) in [5, 5.41) is 2.17. The van der Waals surface area contributed by atoms with Gasteiger partial charge in [-0.25, -0.2) is 4.99 Å². The Balaban J connectivity index is 1.70. The van der Waals surface area contributed by atoms with Crippen LogP contribution in [0.2, 0.25) is 0 Å². The van der Waals surface area contributed by atoms with Crippen LogP contribution in [-0.4, -0.2) is 38.6 Å². The molecular weight excluding hydrogens is 316 g/mol. The maximum Gasteiger partial charge on any atom is 0.208 e. The van der Waals surface area contributed by atoms with Crippen LogP contribution in [0.4, 0.5) is 5.69 Å². The number of nitrogens with zero attached hydrogens (tertiary/aromatic N) is 2. The number of hydrazine groups is 1. The average molecular weight is 346 g/mol. The van der Waals surface area contributed by atoms with E-state index < -0.39 is 0 Å². The Morgan fingerprint density at radius 1 is 1.36 bits per heavy atom. The normalized spacial score (nSPS) is 19.4. The molecule has 6 nitrogen and oxygen atoms in total. The van der Waals surface area contributed by atoms with Crippen molar-refractivity contribution in [2.45, 2.75) is 52.2 Å². The highest BCUT2D eigenvalue weighted by Crippen LogP contribution is 2.45. The summed E-state index contributed by atoms with van der Waals surface area (Å²) in [5.41, 5.74) is 15.0. The number of anilines is 1. The molecule has 1 heterocycles. The average Bonchev–Trinajstić information content (AvgIpc) is 2.96. The van der Waals surface area contributed by atoms with E-state index in [2.05, 4.69) is 34.5 Å². The van der Waals surface area contributed by atoms with E-state index in [1.807, 2.05) is 13.8 Å². The fourth-order valence-electron chi connectivity index (χ4n) is 3.94. The minimum atomic E-state index is -0.343. The SMILES string of the molecule is CCOC(CN=C(N)NN1CC2CCCc3ccc(C)c1c32)OCC. The molecule has 0 fully saturated rings. The Bertz CT molecular complexity index is 626. The molecule has 0 saturated carbocycles. The van der Waals surface area contributed by atoms with Crippen LogP contribution in [0.15, 0.2) is 17.1 Å². The Labute approximate surface area is 150 Å². The predicted octanol–water partition coefficient (Wildman–Crippen LogP) is 2.45. The molecule has 1 aliphatic heterocycles. The molecular formula is C19H30N4O2. The highest BCUT2D eigenvalue weighted by atomic mass is 16.7. The summed E-state index contributed by atoms with van der Waals surface area (Å²) >= 11 is 0. The monoisotopic (exact) mass is 346 g/mol. The van der Waals surface area contributed by atoms with Crippen LogP contribution in [0, 0.1) is 6.92 Å². The lowest BCUT2D eigenvalue weighted by molar-refractivity contribution is -0.128. The Morgan fingerprint density at radius 3 is 2.84 bits per heavy atom. The Hall–Kier alpha value is -1.79. The van der Waals surface area contributed by atoms with E-state index in [-0.39, 0.29) is 6.29 Å².